The fraction of sp³-hybridized carbons (Fsp3) is 0.143. The molecule has 0 saturated carbocycles. The summed E-state index contributed by atoms with van der Waals surface area (Å²) in [6, 6.07) is 14.2. The van der Waals surface area contributed by atoms with E-state index in [1.54, 1.807) is 30.3 Å². The third-order valence-electron chi connectivity index (χ3n) is 2.85. The van der Waals surface area contributed by atoms with Crippen molar-refractivity contribution in [3.8, 4) is 5.75 Å². The Morgan fingerprint density at radius 3 is 2.24 bits per heavy atom. The molecule has 0 amide bonds. The molecule has 2 aromatic rings. The van der Waals surface area contributed by atoms with Crippen LogP contribution in [0.2, 0.25) is 0 Å². The van der Waals surface area contributed by atoms with Gasteiger partial charge in [0.2, 0.25) is 0 Å². The number of nitro groups is 1. The first kappa shape index (κ1) is 15.1. The minimum Gasteiger partial charge on any atom is -0.772 e. The number of nitro benzene ring substituents is 1. The quantitative estimate of drug-likeness (QED) is 0.464. The van der Waals surface area contributed by atoms with Crippen molar-refractivity contribution >= 4 is 16.8 Å². The Morgan fingerprint density at radius 1 is 1.10 bits per heavy atom. The number of ether oxygens (including phenoxy) is 1. The van der Waals surface area contributed by atoms with Gasteiger partial charge in [0, 0.05) is 12.1 Å². The van der Waals surface area contributed by atoms with Crippen LogP contribution in [0.3, 0.4) is 0 Å². The maximum atomic E-state index is 11.3. The maximum Gasteiger partial charge on any atom is 0.269 e. The topological polar surface area (TPSA) is 92.5 Å². The number of hydrogen-bond donors (Lipinski definition) is 0. The largest absolute Gasteiger partial charge is 0.772 e. The SMILES string of the molecule is O=[N+]([O-])c1ccc(OCC(c2ccccc2)S(=O)[O-])cc1. The number of benzene rings is 2. The Labute approximate surface area is 123 Å². The van der Waals surface area contributed by atoms with Crippen LogP contribution < -0.4 is 4.74 Å². The van der Waals surface area contributed by atoms with Crippen molar-refractivity contribution < 1.29 is 18.4 Å². The molecule has 0 N–H and O–H groups in total. The molecular weight excluding hydrogens is 294 g/mol. The minimum absolute atomic E-state index is 0.0469. The van der Waals surface area contributed by atoms with Gasteiger partial charge in [0.15, 0.2) is 0 Å². The van der Waals surface area contributed by atoms with E-state index in [9.17, 15) is 18.9 Å². The lowest BCUT2D eigenvalue weighted by Gasteiger charge is -2.20. The Morgan fingerprint density at radius 2 is 1.71 bits per heavy atom. The average Bonchev–Trinajstić information content (AvgIpc) is 2.48. The zero-order valence-corrected chi connectivity index (χ0v) is 11.7. The summed E-state index contributed by atoms with van der Waals surface area (Å²) in [5.74, 6) is 0.381. The highest BCUT2D eigenvalue weighted by molar-refractivity contribution is 7.79. The minimum atomic E-state index is -2.32. The van der Waals surface area contributed by atoms with Crippen LogP contribution in [-0.4, -0.2) is 20.3 Å². The van der Waals surface area contributed by atoms with Crippen molar-refractivity contribution in [3.05, 3.63) is 70.3 Å². The molecule has 0 saturated heterocycles. The Bertz CT molecular complexity index is 630. The summed E-state index contributed by atoms with van der Waals surface area (Å²) >= 11 is -2.32. The summed E-state index contributed by atoms with van der Waals surface area (Å²) < 4.78 is 28.0. The standard InChI is InChI=1S/C14H13NO5S/c16-15(17)12-6-8-13(9-7-12)20-10-14(21(18)19)11-4-2-1-3-5-11/h1-9,14H,10H2,(H,18,19)/p-1. The molecule has 0 fully saturated rings. The molecule has 0 bridgehead atoms. The molecule has 2 atom stereocenters. The van der Waals surface area contributed by atoms with Crippen LogP contribution in [0.15, 0.2) is 54.6 Å². The third kappa shape index (κ3) is 4.11. The first-order chi connectivity index (χ1) is 10.1. The van der Waals surface area contributed by atoms with E-state index in [1.165, 1.54) is 24.3 Å². The van der Waals surface area contributed by atoms with Crippen LogP contribution in [0.5, 0.6) is 5.75 Å². The van der Waals surface area contributed by atoms with Crippen molar-refractivity contribution in [1.29, 1.82) is 0 Å². The van der Waals surface area contributed by atoms with E-state index in [0.29, 0.717) is 11.3 Å². The van der Waals surface area contributed by atoms with E-state index in [1.807, 2.05) is 0 Å². The number of rotatable bonds is 6. The fourth-order valence-corrected chi connectivity index (χ4v) is 2.33. The Hall–Kier alpha value is -2.25. The fourth-order valence-electron chi connectivity index (χ4n) is 1.77. The van der Waals surface area contributed by atoms with Crippen molar-refractivity contribution in [2.45, 2.75) is 5.25 Å². The third-order valence-corrected chi connectivity index (χ3v) is 3.73. The van der Waals surface area contributed by atoms with E-state index < -0.39 is 21.3 Å². The molecule has 2 unspecified atom stereocenters. The van der Waals surface area contributed by atoms with E-state index in [4.69, 9.17) is 4.74 Å². The summed E-state index contributed by atoms with van der Waals surface area (Å²) in [6.45, 7) is -0.0576. The monoisotopic (exact) mass is 306 g/mol. The second-order valence-corrected chi connectivity index (χ2v) is 5.31. The Balaban J connectivity index is 2.05. The van der Waals surface area contributed by atoms with E-state index >= 15 is 0 Å². The molecule has 0 aliphatic carbocycles. The first-order valence-corrected chi connectivity index (χ1v) is 7.22. The van der Waals surface area contributed by atoms with Gasteiger partial charge in [0.05, 0.1) is 10.2 Å². The summed E-state index contributed by atoms with van der Waals surface area (Å²) in [5.41, 5.74) is 0.585. The summed E-state index contributed by atoms with van der Waals surface area (Å²) in [7, 11) is 0. The predicted molar refractivity (Wildman–Crippen MR) is 76.7 cm³/mol. The molecule has 6 nitrogen and oxygen atoms in total. The van der Waals surface area contributed by atoms with Crippen molar-refractivity contribution in [2.75, 3.05) is 6.61 Å². The predicted octanol–water partition coefficient (Wildman–Crippen LogP) is 2.59. The number of non-ortho nitro benzene ring substituents is 1. The lowest BCUT2D eigenvalue weighted by molar-refractivity contribution is -0.384. The van der Waals surface area contributed by atoms with Crippen molar-refractivity contribution in [3.63, 3.8) is 0 Å². The van der Waals surface area contributed by atoms with Crippen LogP contribution >= 0.6 is 0 Å². The highest BCUT2D eigenvalue weighted by Crippen LogP contribution is 2.22. The van der Waals surface area contributed by atoms with Gasteiger partial charge in [-0.3, -0.25) is 14.3 Å². The number of hydrogen-bond acceptors (Lipinski definition) is 5. The maximum absolute atomic E-state index is 11.3. The molecule has 7 heteroatoms. The van der Waals surface area contributed by atoms with Gasteiger partial charge in [0.1, 0.15) is 12.4 Å². The van der Waals surface area contributed by atoms with Gasteiger partial charge in [-0.15, -0.1) is 0 Å². The molecule has 0 aliphatic rings. The highest BCUT2D eigenvalue weighted by atomic mass is 32.2. The van der Waals surface area contributed by atoms with Gasteiger partial charge in [0.25, 0.3) is 5.69 Å². The molecular formula is C14H12NO5S-. The van der Waals surface area contributed by atoms with E-state index in [-0.39, 0.29) is 12.3 Å². The normalized spacial score (nSPS) is 13.4. The van der Waals surface area contributed by atoms with Gasteiger partial charge in [-0.2, -0.15) is 0 Å². The molecule has 0 heterocycles. The van der Waals surface area contributed by atoms with Crippen LogP contribution in [0, 0.1) is 10.1 Å². The molecule has 21 heavy (non-hydrogen) atoms. The number of nitrogens with zero attached hydrogens (tertiary/aromatic N) is 1. The van der Waals surface area contributed by atoms with Gasteiger partial charge < -0.3 is 9.29 Å². The van der Waals surface area contributed by atoms with Gasteiger partial charge in [-0.05, 0) is 28.8 Å². The summed E-state index contributed by atoms with van der Waals surface area (Å²) in [5, 5.41) is 9.75. The molecule has 0 spiro atoms. The lowest BCUT2D eigenvalue weighted by atomic mass is 10.1. The summed E-state index contributed by atoms with van der Waals surface area (Å²) in [4.78, 5) is 10.0. The van der Waals surface area contributed by atoms with Crippen LogP contribution in [0.1, 0.15) is 10.8 Å². The van der Waals surface area contributed by atoms with Crippen LogP contribution in [0.25, 0.3) is 0 Å². The van der Waals surface area contributed by atoms with Crippen molar-refractivity contribution in [1.82, 2.24) is 0 Å². The van der Waals surface area contributed by atoms with Crippen molar-refractivity contribution in [2.24, 2.45) is 0 Å². The molecule has 0 aliphatic heterocycles. The molecule has 0 aromatic heterocycles. The highest BCUT2D eigenvalue weighted by Gasteiger charge is 2.13. The van der Waals surface area contributed by atoms with Gasteiger partial charge >= 0.3 is 0 Å². The van der Waals surface area contributed by atoms with Crippen LogP contribution in [-0.2, 0) is 11.1 Å². The van der Waals surface area contributed by atoms with Gasteiger partial charge in [-0.1, -0.05) is 30.3 Å². The molecule has 110 valence electrons. The average molecular weight is 306 g/mol. The van der Waals surface area contributed by atoms with E-state index in [2.05, 4.69) is 0 Å². The lowest BCUT2D eigenvalue weighted by Crippen LogP contribution is -2.15. The second-order valence-electron chi connectivity index (χ2n) is 4.22. The van der Waals surface area contributed by atoms with Gasteiger partial charge in [-0.25, -0.2) is 0 Å². The molecule has 0 radical (unpaired) electrons. The smallest absolute Gasteiger partial charge is 0.269 e. The second kappa shape index (κ2) is 6.96. The van der Waals surface area contributed by atoms with Crippen LogP contribution in [0.4, 0.5) is 5.69 Å². The summed E-state index contributed by atoms with van der Waals surface area (Å²) in [6.07, 6.45) is 0. The zero-order chi connectivity index (χ0) is 15.2. The first-order valence-electron chi connectivity index (χ1n) is 6.08. The molecule has 2 aromatic carbocycles. The molecule has 2 rings (SSSR count). The Kier molecular flexibility index (Phi) is 5.02. The van der Waals surface area contributed by atoms with E-state index in [0.717, 1.165) is 0 Å². The zero-order valence-electron chi connectivity index (χ0n) is 10.9.